The molecule has 5 heteroatoms. The molecule has 2 aromatic carbocycles. The minimum Gasteiger partial charge on any atom is -0.361 e. The summed E-state index contributed by atoms with van der Waals surface area (Å²) in [4.78, 5) is 21.1. The van der Waals surface area contributed by atoms with E-state index >= 15 is 0 Å². The van der Waals surface area contributed by atoms with Crippen LogP contribution in [0.25, 0.3) is 10.9 Å². The van der Waals surface area contributed by atoms with Crippen molar-refractivity contribution in [3.8, 4) is 0 Å². The molecule has 2 aliphatic heterocycles. The van der Waals surface area contributed by atoms with Crippen molar-refractivity contribution < 1.29 is 4.79 Å². The molecule has 5 nitrogen and oxygen atoms in total. The van der Waals surface area contributed by atoms with Gasteiger partial charge in [0.25, 0.3) is 0 Å². The molecular weight excluding hydrogens is 396 g/mol. The predicted molar refractivity (Wildman–Crippen MR) is 133 cm³/mol. The Morgan fingerprint density at radius 3 is 2.75 bits per heavy atom. The van der Waals surface area contributed by atoms with Crippen molar-refractivity contribution in [1.82, 2.24) is 9.88 Å². The van der Waals surface area contributed by atoms with E-state index in [4.69, 9.17) is 0 Å². The van der Waals surface area contributed by atoms with E-state index in [9.17, 15) is 4.79 Å². The molecule has 168 valence electrons. The van der Waals surface area contributed by atoms with Gasteiger partial charge in [0.1, 0.15) is 0 Å². The number of rotatable bonds is 4. The zero-order valence-corrected chi connectivity index (χ0v) is 19.2. The predicted octanol–water partition coefficient (Wildman–Crippen LogP) is 6.35. The van der Waals surface area contributed by atoms with E-state index < -0.39 is 0 Å². The molecular formula is C27H34N4O. The number of nitrogens with one attached hydrogen (secondary N) is 2. The van der Waals surface area contributed by atoms with E-state index in [1.54, 1.807) is 4.90 Å². The third kappa shape index (κ3) is 4.14. The van der Waals surface area contributed by atoms with Crippen molar-refractivity contribution in [2.45, 2.75) is 64.0 Å². The van der Waals surface area contributed by atoms with Crippen LogP contribution in [-0.2, 0) is 0 Å². The van der Waals surface area contributed by atoms with Crippen molar-refractivity contribution in [2.75, 3.05) is 23.3 Å². The second-order valence-corrected chi connectivity index (χ2v) is 9.64. The lowest BCUT2D eigenvalue weighted by Gasteiger charge is -2.42. The first-order valence-electron chi connectivity index (χ1n) is 12.1. The Morgan fingerprint density at radius 1 is 1.09 bits per heavy atom. The second kappa shape index (κ2) is 8.99. The number of fused-ring (bicyclic) bond motifs is 2. The van der Waals surface area contributed by atoms with Gasteiger partial charge in [-0.3, -0.25) is 4.90 Å². The fourth-order valence-electron chi connectivity index (χ4n) is 5.65. The monoisotopic (exact) mass is 430 g/mol. The Balaban J connectivity index is 1.37. The van der Waals surface area contributed by atoms with E-state index in [0.29, 0.717) is 5.92 Å². The van der Waals surface area contributed by atoms with E-state index in [2.05, 4.69) is 33.5 Å². The molecule has 0 saturated carbocycles. The van der Waals surface area contributed by atoms with E-state index in [-0.39, 0.29) is 12.1 Å². The molecule has 2 atom stereocenters. The second-order valence-electron chi connectivity index (χ2n) is 9.64. The number of aromatic amines is 1. The van der Waals surface area contributed by atoms with Gasteiger partial charge in [0.15, 0.2) is 0 Å². The summed E-state index contributed by atoms with van der Waals surface area (Å²) in [5.41, 5.74) is 4.31. The number of piperidine rings is 2. The number of benzene rings is 2. The van der Waals surface area contributed by atoms with E-state index in [1.165, 1.54) is 56.1 Å². The van der Waals surface area contributed by atoms with Crippen LogP contribution in [0.5, 0.6) is 0 Å². The molecule has 1 aromatic heterocycles. The highest BCUT2D eigenvalue weighted by Crippen LogP contribution is 2.39. The zero-order valence-electron chi connectivity index (χ0n) is 19.2. The van der Waals surface area contributed by atoms with Gasteiger partial charge in [-0.25, -0.2) is 4.79 Å². The standard InChI is InChI=1S/C27H34N4O/c1-19(2)31(22-8-4-3-5-9-22)27(32)29-21-11-12-26-24(17-21)25(18-28-26)20-13-15-30-14-7-6-10-23(30)16-20/h3-5,8-9,11-12,17-20,23,28H,6-7,10,13-16H2,1-2H3,(H,29,32). The maximum Gasteiger partial charge on any atom is 0.326 e. The van der Waals surface area contributed by atoms with Gasteiger partial charge in [0.2, 0.25) is 0 Å². The molecule has 3 heterocycles. The van der Waals surface area contributed by atoms with Crippen LogP contribution < -0.4 is 10.2 Å². The number of H-pyrrole nitrogens is 1. The molecule has 5 rings (SSSR count). The number of carbonyl (C=O) groups is 1. The van der Waals surface area contributed by atoms with Gasteiger partial charge >= 0.3 is 6.03 Å². The highest BCUT2D eigenvalue weighted by molar-refractivity contribution is 6.03. The van der Waals surface area contributed by atoms with Gasteiger partial charge in [-0.1, -0.05) is 24.6 Å². The average molecular weight is 431 g/mol. The van der Waals surface area contributed by atoms with Crippen LogP contribution in [0.15, 0.2) is 54.7 Å². The number of hydrogen-bond acceptors (Lipinski definition) is 2. The molecule has 3 aromatic rings. The summed E-state index contributed by atoms with van der Waals surface area (Å²) in [5, 5.41) is 4.39. The molecule has 2 aliphatic rings. The fourth-order valence-corrected chi connectivity index (χ4v) is 5.65. The lowest BCUT2D eigenvalue weighted by molar-refractivity contribution is 0.0977. The van der Waals surface area contributed by atoms with E-state index in [1.807, 2.05) is 50.2 Å². The van der Waals surface area contributed by atoms with Gasteiger partial charge in [0.05, 0.1) is 0 Å². The maximum absolute atomic E-state index is 13.2. The average Bonchev–Trinajstić information content (AvgIpc) is 3.22. The van der Waals surface area contributed by atoms with Crippen LogP contribution in [0, 0.1) is 0 Å². The third-order valence-corrected chi connectivity index (χ3v) is 7.24. The largest absolute Gasteiger partial charge is 0.361 e. The Labute approximate surface area is 190 Å². The first-order chi connectivity index (χ1) is 15.6. The summed E-state index contributed by atoms with van der Waals surface area (Å²) in [6.07, 6.45) is 8.72. The molecule has 0 radical (unpaired) electrons. The number of amides is 2. The summed E-state index contributed by atoms with van der Waals surface area (Å²) in [7, 11) is 0. The van der Waals surface area contributed by atoms with Gasteiger partial charge in [0, 0.05) is 40.6 Å². The van der Waals surface area contributed by atoms with Crippen molar-refractivity contribution in [3.05, 3.63) is 60.3 Å². The zero-order chi connectivity index (χ0) is 22.1. The Hall–Kier alpha value is -2.79. The summed E-state index contributed by atoms with van der Waals surface area (Å²) in [6, 6.07) is 16.8. The van der Waals surface area contributed by atoms with Crippen molar-refractivity contribution in [3.63, 3.8) is 0 Å². The van der Waals surface area contributed by atoms with Crippen LogP contribution in [0.4, 0.5) is 16.2 Å². The first-order valence-corrected chi connectivity index (χ1v) is 12.1. The summed E-state index contributed by atoms with van der Waals surface area (Å²) < 4.78 is 0. The van der Waals surface area contributed by atoms with Crippen LogP contribution in [0.1, 0.15) is 57.4 Å². The highest BCUT2D eigenvalue weighted by atomic mass is 16.2. The van der Waals surface area contributed by atoms with Gasteiger partial charge < -0.3 is 15.2 Å². The lowest BCUT2D eigenvalue weighted by atomic mass is 9.82. The summed E-state index contributed by atoms with van der Waals surface area (Å²) in [5.74, 6) is 0.588. The Kier molecular flexibility index (Phi) is 5.92. The fraction of sp³-hybridized carbons (Fsp3) is 0.444. The summed E-state index contributed by atoms with van der Waals surface area (Å²) in [6.45, 7) is 6.56. The summed E-state index contributed by atoms with van der Waals surface area (Å²) >= 11 is 0. The Bertz CT molecular complexity index is 1070. The molecule has 0 spiro atoms. The van der Waals surface area contributed by atoms with Crippen molar-refractivity contribution in [1.29, 1.82) is 0 Å². The number of nitrogens with zero attached hydrogens (tertiary/aromatic N) is 2. The normalized spacial score (nSPS) is 21.5. The quantitative estimate of drug-likeness (QED) is 0.507. The lowest BCUT2D eigenvalue weighted by Crippen LogP contribution is -2.44. The molecule has 2 N–H and O–H groups in total. The third-order valence-electron chi connectivity index (χ3n) is 7.24. The molecule has 32 heavy (non-hydrogen) atoms. The minimum atomic E-state index is -0.0989. The minimum absolute atomic E-state index is 0.0598. The first kappa shape index (κ1) is 21.1. The van der Waals surface area contributed by atoms with Crippen LogP contribution in [0.3, 0.4) is 0 Å². The smallest absolute Gasteiger partial charge is 0.326 e. The van der Waals surface area contributed by atoms with Crippen LogP contribution >= 0.6 is 0 Å². The number of hydrogen-bond donors (Lipinski definition) is 2. The topological polar surface area (TPSA) is 51.4 Å². The number of para-hydroxylation sites is 1. The molecule has 2 saturated heterocycles. The Morgan fingerprint density at radius 2 is 1.94 bits per heavy atom. The molecule has 2 amide bonds. The number of aromatic nitrogens is 1. The van der Waals surface area contributed by atoms with Gasteiger partial charge in [-0.05, 0) is 94.4 Å². The molecule has 0 bridgehead atoms. The maximum atomic E-state index is 13.2. The van der Waals surface area contributed by atoms with E-state index in [0.717, 1.165) is 22.9 Å². The van der Waals surface area contributed by atoms with Crippen molar-refractivity contribution in [2.24, 2.45) is 0 Å². The van der Waals surface area contributed by atoms with Crippen LogP contribution in [0.2, 0.25) is 0 Å². The number of carbonyl (C=O) groups excluding carboxylic acids is 1. The van der Waals surface area contributed by atoms with Crippen LogP contribution in [-0.4, -0.2) is 41.1 Å². The van der Waals surface area contributed by atoms with Crippen molar-refractivity contribution >= 4 is 28.3 Å². The number of anilines is 2. The molecule has 2 unspecified atom stereocenters. The van der Waals surface area contributed by atoms with Gasteiger partial charge in [-0.2, -0.15) is 0 Å². The van der Waals surface area contributed by atoms with Gasteiger partial charge in [-0.15, -0.1) is 0 Å². The number of urea groups is 1. The molecule has 0 aliphatic carbocycles. The highest BCUT2D eigenvalue weighted by Gasteiger charge is 2.31. The SMILES string of the molecule is CC(C)N(C(=O)Nc1ccc2[nH]cc(C3CCN4CCCCC4C3)c2c1)c1ccccc1. The molecule has 2 fully saturated rings.